The SMILES string of the molecule is [O]c1nnncc1Cl. The zero-order valence-electron chi connectivity index (χ0n) is 3.71. The van der Waals surface area contributed by atoms with E-state index in [0.717, 1.165) is 6.20 Å². The van der Waals surface area contributed by atoms with Crippen molar-refractivity contribution in [3.05, 3.63) is 11.2 Å². The number of hydrogen-bond donors (Lipinski definition) is 0. The fourth-order valence-corrected chi connectivity index (χ4v) is 0.327. The Morgan fingerprint density at radius 3 is 2.75 bits per heavy atom. The fourth-order valence-electron chi connectivity index (χ4n) is 0.246. The maximum atomic E-state index is 10.3. The molecule has 0 N–H and O–H groups in total. The van der Waals surface area contributed by atoms with Crippen LogP contribution < -0.4 is 0 Å². The predicted octanol–water partition coefficient (Wildman–Crippen LogP) is 0.669. The van der Waals surface area contributed by atoms with Crippen molar-refractivity contribution < 1.29 is 5.11 Å². The maximum absolute atomic E-state index is 10.3. The predicted molar refractivity (Wildman–Crippen MR) is 25.0 cm³/mol. The van der Waals surface area contributed by atoms with Gasteiger partial charge in [0.15, 0.2) is 0 Å². The molecule has 41 valence electrons. The van der Waals surface area contributed by atoms with E-state index in [2.05, 4.69) is 15.4 Å². The number of rotatable bonds is 0. The minimum absolute atomic E-state index is 0.000000000000000222. The number of aromatic nitrogens is 3. The zero-order chi connectivity index (χ0) is 5.98. The lowest BCUT2D eigenvalue weighted by atomic mass is 10.7. The molecule has 0 fully saturated rings. The van der Waals surface area contributed by atoms with Crippen LogP contribution in [0.1, 0.15) is 0 Å². The van der Waals surface area contributed by atoms with Crippen molar-refractivity contribution in [3.63, 3.8) is 0 Å². The van der Waals surface area contributed by atoms with Crippen molar-refractivity contribution in [2.45, 2.75) is 0 Å². The highest BCUT2D eigenvalue weighted by Crippen LogP contribution is 2.15. The van der Waals surface area contributed by atoms with Gasteiger partial charge in [-0.2, -0.15) is 0 Å². The van der Waals surface area contributed by atoms with Gasteiger partial charge in [0, 0.05) is 0 Å². The highest BCUT2D eigenvalue weighted by Gasteiger charge is 1.97. The van der Waals surface area contributed by atoms with E-state index in [1.54, 1.807) is 0 Å². The Morgan fingerprint density at radius 1 is 1.62 bits per heavy atom. The summed E-state index contributed by atoms with van der Waals surface area (Å²) in [6, 6.07) is 0. The van der Waals surface area contributed by atoms with Crippen LogP contribution >= 0.6 is 11.6 Å². The van der Waals surface area contributed by atoms with Gasteiger partial charge in [0.2, 0.25) is 0 Å². The molecule has 0 amide bonds. The van der Waals surface area contributed by atoms with Crippen LogP contribution in [0.15, 0.2) is 6.20 Å². The van der Waals surface area contributed by atoms with Crippen LogP contribution in [-0.4, -0.2) is 15.4 Å². The Kier molecular flexibility index (Phi) is 1.26. The molecule has 0 atom stereocenters. The summed E-state index contributed by atoms with van der Waals surface area (Å²) in [5.41, 5.74) is 0. The molecule has 1 radical (unpaired) electrons. The van der Waals surface area contributed by atoms with Gasteiger partial charge in [-0.05, 0) is 5.21 Å². The number of halogens is 1. The molecule has 5 heteroatoms. The minimum atomic E-state index is -0.540. The molecule has 1 rings (SSSR count). The van der Waals surface area contributed by atoms with Crippen LogP contribution in [-0.2, 0) is 5.11 Å². The molecular weight excluding hydrogens is 130 g/mol. The molecule has 4 nitrogen and oxygen atoms in total. The van der Waals surface area contributed by atoms with Crippen LogP contribution in [0, 0.1) is 0 Å². The van der Waals surface area contributed by atoms with Crippen molar-refractivity contribution in [3.8, 4) is 5.88 Å². The summed E-state index contributed by atoms with van der Waals surface area (Å²) in [7, 11) is 0. The summed E-state index contributed by atoms with van der Waals surface area (Å²) < 4.78 is 0. The van der Waals surface area contributed by atoms with Crippen LogP contribution in [0.3, 0.4) is 0 Å². The van der Waals surface area contributed by atoms with Gasteiger partial charge in [-0.1, -0.05) is 16.7 Å². The number of hydrogen-bond acceptors (Lipinski definition) is 3. The molecule has 8 heavy (non-hydrogen) atoms. The molecule has 0 aliphatic rings. The third-order valence-corrected chi connectivity index (χ3v) is 0.822. The molecule has 0 spiro atoms. The highest BCUT2D eigenvalue weighted by atomic mass is 35.5. The van der Waals surface area contributed by atoms with Crippen LogP contribution in [0.25, 0.3) is 0 Å². The Labute approximate surface area is 50.1 Å². The van der Waals surface area contributed by atoms with Gasteiger partial charge in [-0.3, -0.25) is 5.11 Å². The molecule has 0 saturated heterocycles. The molecule has 0 saturated carbocycles. The summed E-state index contributed by atoms with van der Waals surface area (Å²) in [5.74, 6) is -0.540. The molecule has 0 bridgehead atoms. The second-order valence-electron chi connectivity index (χ2n) is 1.09. The summed E-state index contributed by atoms with van der Waals surface area (Å²) in [6.07, 6.45) is 1.15. The third kappa shape index (κ3) is 0.840. The van der Waals surface area contributed by atoms with E-state index < -0.39 is 5.88 Å². The minimum Gasteiger partial charge on any atom is -0.264 e. The van der Waals surface area contributed by atoms with E-state index >= 15 is 0 Å². The van der Waals surface area contributed by atoms with Gasteiger partial charge in [-0.25, -0.2) is 0 Å². The largest absolute Gasteiger partial charge is 0.310 e. The average molecular weight is 131 g/mol. The molecule has 1 aromatic rings. The Bertz CT molecular complexity index is 171. The smallest absolute Gasteiger partial charge is 0.264 e. The van der Waals surface area contributed by atoms with E-state index in [-0.39, 0.29) is 5.02 Å². The van der Waals surface area contributed by atoms with Crippen molar-refractivity contribution >= 4 is 11.6 Å². The molecule has 0 aliphatic carbocycles. The maximum Gasteiger partial charge on any atom is 0.310 e. The molecule has 1 aromatic heterocycles. The highest BCUT2D eigenvalue weighted by molar-refractivity contribution is 6.31. The standard InChI is InChI=1S/C3HClN3O/c4-2-1-5-7-6-3(2)8/h1H. The topological polar surface area (TPSA) is 58.6 Å². The lowest BCUT2D eigenvalue weighted by Gasteiger charge is -1.82. The van der Waals surface area contributed by atoms with Gasteiger partial charge >= 0.3 is 5.88 Å². The van der Waals surface area contributed by atoms with Crippen LogP contribution in [0.4, 0.5) is 0 Å². The molecule has 0 aromatic carbocycles. The first-order valence-electron chi connectivity index (χ1n) is 1.81. The first-order valence-corrected chi connectivity index (χ1v) is 2.19. The molecule has 0 unspecified atom stereocenters. The van der Waals surface area contributed by atoms with Crippen molar-refractivity contribution in [2.75, 3.05) is 0 Å². The van der Waals surface area contributed by atoms with Gasteiger partial charge < -0.3 is 0 Å². The fraction of sp³-hybridized carbons (Fsp3) is 0. The van der Waals surface area contributed by atoms with E-state index in [1.165, 1.54) is 0 Å². The lowest BCUT2D eigenvalue weighted by Crippen LogP contribution is -1.83. The van der Waals surface area contributed by atoms with Crippen molar-refractivity contribution in [1.29, 1.82) is 0 Å². The second kappa shape index (κ2) is 1.92. The van der Waals surface area contributed by atoms with Crippen molar-refractivity contribution in [2.24, 2.45) is 0 Å². The summed E-state index contributed by atoms with van der Waals surface area (Å²) in [4.78, 5) is 0. The molecular formula is C3HClN3O. The third-order valence-electron chi connectivity index (χ3n) is 0.563. The Hall–Kier alpha value is -0.900. The normalized spacial score (nSPS) is 9.12. The van der Waals surface area contributed by atoms with E-state index in [4.69, 9.17) is 11.6 Å². The average Bonchev–Trinajstić information content (AvgIpc) is 1.77. The first kappa shape index (κ1) is 5.24. The van der Waals surface area contributed by atoms with E-state index in [0.29, 0.717) is 0 Å². The second-order valence-corrected chi connectivity index (χ2v) is 1.49. The van der Waals surface area contributed by atoms with Crippen LogP contribution in [0.5, 0.6) is 5.88 Å². The van der Waals surface area contributed by atoms with Gasteiger partial charge in [0.05, 0.1) is 6.20 Å². The van der Waals surface area contributed by atoms with Crippen LogP contribution in [0.2, 0.25) is 5.02 Å². The van der Waals surface area contributed by atoms with Gasteiger partial charge in [0.25, 0.3) is 0 Å². The van der Waals surface area contributed by atoms with Gasteiger partial charge in [-0.15, -0.1) is 5.10 Å². The Morgan fingerprint density at radius 2 is 2.38 bits per heavy atom. The summed E-state index contributed by atoms with van der Waals surface area (Å²) in [5, 5.41) is 19.6. The Balaban J connectivity index is 3.13. The zero-order valence-corrected chi connectivity index (χ0v) is 4.46. The van der Waals surface area contributed by atoms with Gasteiger partial charge in [0.1, 0.15) is 5.02 Å². The van der Waals surface area contributed by atoms with E-state index in [1.807, 2.05) is 0 Å². The first-order chi connectivity index (χ1) is 3.80. The monoisotopic (exact) mass is 130 g/mol. The molecule has 1 heterocycles. The van der Waals surface area contributed by atoms with E-state index in [9.17, 15) is 5.11 Å². The number of nitrogens with zero attached hydrogens (tertiary/aromatic N) is 3. The summed E-state index contributed by atoms with van der Waals surface area (Å²) in [6.45, 7) is 0. The summed E-state index contributed by atoms with van der Waals surface area (Å²) >= 11 is 5.23. The molecule has 0 aliphatic heterocycles. The quantitative estimate of drug-likeness (QED) is 0.519. The van der Waals surface area contributed by atoms with Crippen molar-refractivity contribution in [1.82, 2.24) is 15.4 Å². The lowest BCUT2D eigenvalue weighted by molar-refractivity contribution is 0.329.